The molecule has 214 valence electrons. The molecule has 6 unspecified atom stereocenters. The Morgan fingerprint density at radius 3 is 2.42 bits per heavy atom. The topological polar surface area (TPSA) is 116 Å². The molecule has 0 aromatic rings. The van der Waals surface area contributed by atoms with Crippen LogP contribution in [-0.2, 0) is 14.3 Å². The second-order valence-corrected chi connectivity index (χ2v) is 13.3. The van der Waals surface area contributed by atoms with Crippen LogP contribution in [0.15, 0.2) is 11.1 Å². The third-order valence-electron chi connectivity index (χ3n) is 9.56. The fourth-order valence-electron chi connectivity index (χ4n) is 7.45. The van der Waals surface area contributed by atoms with Gasteiger partial charge in [-0.1, -0.05) is 18.4 Å². The summed E-state index contributed by atoms with van der Waals surface area (Å²) in [4.78, 5) is 40.1. The molecule has 0 bridgehead atoms. The van der Waals surface area contributed by atoms with Crippen LogP contribution in [0.3, 0.4) is 0 Å². The molecule has 1 aliphatic heterocycles. The van der Waals surface area contributed by atoms with Crippen molar-refractivity contribution in [2.24, 2.45) is 29.6 Å². The predicted octanol–water partition coefficient (Wildman–Crippen LogP) is 3.98. The molecule has 0 spiro atoms. The van der Waals surface area contributed by atoms with Crippen LogP contribution < -0.4 is 5.32 Å². The average molecular weight is 533 g/mol. The van der Waals surface area contributed by atoms with Gasteiger partial charge >= 0.3 is 6.09 Å². The standard InChI is InChI=1S/C30H48N2O6/c1-18-22-8-9-25(33)28(36)24(22)15-26(34)23(18)16-27(35)32-12-10-20(11-13-32)21-7-5-6-19(14-21)17-31-29(37)38-30(2,3)4/h19-22,24-25,28,33,36H,5-17H2,1-4H3,(H,31,37). The van der Waals surface area contributed by atoms with E-state index in [1.807, 2.05) is 32.6 Å². The number of aliphatic hydroxyl groups is 2. The van der Waals surface area contributed by atoms with Crippen molar-refractivity contribution < 1.29 is 29.3 Å². The minimum atomic E-state index is -0.864. The zero-order valence-corrected chi connectivity index (χ0v) is 23.7. The smallest absolute Gasteiger partial charge is 0.407 e. The molecule has 1 saturated heterocycles. The molecule has 2 amide bonds. The second kappa shape index (κ2) is 12.1. The summed E-state index contributed by atoms with van der Waals surface area (Å²) in [6.45, 7) is 9.67. The number of allylic oxidation sites excluding steroid dienone is 1. The number of aliphatic hydroxyl groups excluding tert-OH is 2. The van der Waals surface area contributed by atoms with E-state index in [1.165, 1.54) is 12.8 Å². The molecular weight excluding hydrogens is 484 g/mol. The number of ether oxygens (including phenoxy) is 1. The summed E-state index contributed by atoms with van der Waals surface area (Å²) in [5.41, 5.74) is 1.08. The highest BCUT2D eigenvalue weighted by molar-refractivity contribution is 6.01. The van der Waals surface area contributed by atoms with Crippen molar-refractivity contribution in [1.82, 2.24) is 10.2 Å². The van der Waals surface area contributed by atoms with Crippen molar-refractivity contribution in [3.8, 4) is 0 Å². The minimum absolute atomic E-state index is 0.0316. The fourth-order valence-corrected chi connectivity index (χ4v) is 7.45. The van der Waals surface area contributed by atoms with Gasteiger partial charge in [-0.3, -0.25) is 9.59 Å². The molecule has 2 saturated carbocycles. The van der Waals surface area contributed by atoms with Gasteiger partial charge in [0.05, 0.1) is 18.6 Å². The molecular formula is C30H48N2O6. The van der Waals surface area contributed by atoms with E-state index in [0.29, 0.717) is 36.3 Å². The Bertz CT molecular complexity index is 916. The summed E-state index contributed by atoms with van der Waals surface area (Å²) in [5.74, 6) is 1.51. The van der Waals surface area contributed by atoms with Gasteiger partial charge in [-0.25, -0.2) is 4.79 Å². The number of carbonyl (C=O) groups is 3. The maximum atomic E-state index is 13.2. The lowest BCUT2D eigenvalue weighted by Gasteiger charge is -2.42. The molecule has 1 heterocycles. The third-order valence-corrected chi connectivity index (χ3v) is 9.56. The Labute approximate surface area is 227 Å². The minimum Gasteiger partial charge on any atom is -0.444 e. The lowest BCUT2D eigenvalue weighted by molar-refractivity contribution is -0.134. The summed E-state index contributed by atoms with van der Waals surface area (Å²) in [6, 6.07) is 0. The van der Waals surface area contributed by atoms with Crippen LogP contribution in [0.2, 0.25) is 0 Å². The van der Waals surface area contributed by atoms with Gasteiger partial charge in [0.2, 0.25) is 5.91 Å². The normalized spacial score (nSPS) is 33.1. The number of rotatable bonds is 5. The highest BCUT2D eigenvalue weighted by Gasteiger charge is 2.44. The monoisotopic (exact) mass is 532 g/mol. The van der Waals surface area contributed by atoms with E-state index in [9.17, 15) is 24.6 Å². The molecule has 0 radical (unpaired) electrons. The van der Waals surface area contributed by atoms with Gasteiger partial charge < -0.3 is 25.2 Å². The van der Waals surface area contributed by atoms with E-state index < -0.39 is 17.8 Å². The Kier molecular flexibility index (Phi) is 9.23. The molecule has 3 aliphatic carbocycles. The molecule has 3 N–H and O–H groups in total. The molecule has 0 aromatic heterocycles. The van der Waals surface area contributed by atoms with E-state index in [0.717, 1.165) is 50.8 Å². The first-order chi connectivity index (χ1) is 17.9. The number of nitrogens with zero attached hydrogens (tertiary/aromatic N) is 1. The van der Waals surface area contributed by atoms with E-state index in [2.05, 4.69) is 5.32 Å². The Hall–Kier alpha value is -1.93. The van der Waals surface area contributed by atoms with Crippen LogP contribution in [0, 0.1) is 29.6 Å². The van der Waals surface area contributed by atoms with Crippen LogP contribution in [0.5, 0.6) is 0 Å². The van der Waals surface area contributed by atoms with Gasteiger partial charge in [-0.15, -0.1) is 0 Å². The molecule has 8 heteroatoms. The Morgan fingerprint density at radius 1 is 1.03 bits per heavy atom. The number of fused-ring (bicyclic) bond motifs is 1. The van der Waals surface area contributed by atoms with Gasteiger partial charge in [0.1, 0.15) is 5.60 Å². The van der Waals surface area contributed by atoms with Crippen molar-refractivity contribution in [1.29, 1.82) is 0 Å². The summed E-state index contributed by atoms with van der Waals surface area (Å²) >= 11 is 0. The van der Waals surface area contributed by atoms with Crippen molar-refractivity contribution in [2.45, 2.75) is 110 Å². The summed E-state index contributed by atoms with van der Waals surface area (Å²) in [7, 11) is 0. The van der Waals surface area contributed by atoms with E-state index in [1.54, 1.807) is 0 Å². The highest BCUT2D eigenvalue weighted by Crippen LogP contribution is 2.43. The van der Waals surface area contributed by atoms with Crippen LogP contribution in [0.25, 0.3) is 0 Å². The van der Waals surface area contributed by atoms with E-state index in [4.69, 9.17) is 4.74 Å². The van der Waals surface area contributed by atoms with Gasteiger partial charge in [-0.05, 0) is 89.9 Å². The fraction of sp³-hybridized carbons (Fsp3) is 0.833. The number of hydrogen-bond donors (Lipinski definition) is 3. The predicted molar refractivity (Wildman–Crippen MR) is 144 cm³/mol. The van der Waals surface area contributed by atoms with Gasteiger partial charge in [0.25, 0.3) is 0 Å². The average Bonchev–Trinajstić information content (AvgIpc) is 2.87. The zero-order chi connectivity index (χ0) is 27.6. The molecule has 38 heavy (non-hydrogen) atoms. The molecule has 4 rings (SSSR count). The number of piperidine rings is 1. The maximum absolute atomic E-state index is 13.2. The lowest BCUT2D eigenvalue weighted by Crippen LogP contribution is -2.46. The molecule has 8 nitrogen and oxygen atoms in total. The van der Waals surface area contributed by atoms with Gasteiger partial charge in [-0.2, -0.15) is 0 Å². The van der Waals surface area contributed by atoms with Crippen LogP contribution in [0.4, 0.5) is 4.79 Å². The van der Waals surface area contributed by atoms with Crippen LogP contribution >= 0.6 is 0 Å². The number of nitrogens with one attached hydrogen (secondary N) is 1. The van der Waals surface area contributed by atoms with Crippen molar-refractivity contribution in [2.75, 3.05) is 19.6 Å². The first kappa shape index (κ1) is 29.1. The number of hydrogen-bond acceptors (Lipinski definition) is 6. The number of alkyl carbamates (subject to hydrolysis) is 1. The van der Waals surface area contributed by atoms with E-state index in [-0.39, 0.29) is 42.5 Å². The van der Waals surface area contributed by atoms with Crippen LogP contribution in [-0.4, -0.2) is 70.3 Å². The molecule has 0 aromatic carbocycles. The number of Topliss-reactive ketones (excluding diaryl/α,β-unsaturated/α-hetero) is 1. The highest BCUT2D eigenvalue weighted by atomic mass is 16.6. The van der Waals surface area contributed by atoms with Crippen LogP contribution in [0.1, 0.15) is 91.9 Å². The zero-order valence-electron chi connectivity index (χ0n) is 23.7. The summed E-state index contributed by atoms with van der Waals surface area (Å²) in [6.07, 6.45) is 6.28. The Balaban J connectivity index is 1.25. The number of ketones is 1. The lowest BCUT2D eigenvalue weighted by atomic mass is 9.65. The second-order valence-electron chi connectivity index (χ2n) is 13.3. The molecule has 6 atom stereocenters. The summed E-state index contributed by atoms with van der Waals surface area (Å²) < 4.78 is 5.38. The first-order valence-electron chi connectivity index (χ1n) is 14.8. The SMILES string of the molecule is CC1=C(CC(=O)N2CCC(C3CCCC(CNC(=O)OC(C)(C)C)C3)CC2)C(=O)CC2C1CCC(O)C2O. The van der Waals surface area contributed by atoms with Crippen molar-refractivity contribution >= 4 is 17.8 Å². The summed E-state index contributed by atoms with van der Waals surface area (Å²) in [5, 5.41) is 23.4. The number of likely N-dealkylation sites (tertiary alicyclic amines) is 1. The van der Waals surface area contributed by atoms with Crippen molar-refractivity contribution in [3.63, 3.8) is 0 Å². The Morgan fingerprint density at radius 2 is 1.74 bits per heavy atom. The quantitative estimate of drug-likeness (QED) is 0.493. The molecule has 4 aliphatic rings. The van der Waals surface area contributed by atoms with Gasteiger partial charge in [0.15, 0.2) is 5.78 Å². The molecule has 3 fully saturated rings. The number of carbonyl (C=O) groups excluding carboxylic acids is 3. The van der Waals surface area contributed by atoms with Crippen molar-refractivity contribution in [3.05, 3.63) is 11.1 Å². The van der Waals surface area contributed by atoms with Gasteiger partial charge in [0, 0.05) is 37.5 Å². The maximum Gasteiger partial charge on any atom is 0.407 e. The first-order valence-corrected chi connectivity index (χ1v) is 14.8. The largest absolute Gasteiger partial charge is 0.444 e. The number of amides is 2. The van der Waals surface area contributed by atoms with E-state index >= 15 is 0 Å². The third kappa shape index (κ3) is 6.98.